The Morgan fingerprint density at radius 2 is 1.72 bits per heavy atom. The van der Waals surface area contributed by atoms with E-state index in [-0.39, 0.29) is 24.5 Å². The number of amides is 3. The van der Waals surface area contributed by atoms with E-state index < -0.39 is 23.9 Å². The first-order chi connectivity index (χ1) is 22.6. The number of nitrogens with one attached hydrogen (secondary N) is 3. The van der Waals surface area contributed by atoms with Crippen molar-refractivity contribution in [2.75, 3.05) is 26.9 Å². The molecule has 4 rings (SSSR count). The highest BCUT2D eigenvalue weighted by molar-refractivity contribution is 9.10. The highest BCUT2D eigenvalue weighted by atomic mass is 79.9. The minimum absolute atomic E-state index is 0.181. The van der Waals surface area contributed by atoms with Crippen LogP contribution in [-0.2, 0) is 20.9 Å². The number of benzene rings is 3. The van der Waals surface area contributed by atoms with Gasteiger partial charge in [-0.1, -0.05) is 35.9 Å². The molecule has 0 bridgehead atoms. The van der Waals surface area contributed by atoms with Crippen LogP contribution in [-0.4, -0.2) is 51.1 Å². The topological polar surface area (TPSA) is 146 Å². The van der Waals surface area contributed by atoms with E-state index in [1.54, 1.807) is 44.2 Å². The fraction of sp³-hybridized carbons (Fsp3) is 0.294. The zero-order chi connectivity index (χ0) is 33.9. The highest BCUT2D eigenvalue weighted by Crippen LogP contribution is 2.37. The number of hydrogen-bond acceptors (Lipinski definition) is 9. The number of urea groups is 1. The van der Waals surface area contributed by atoms with Gasteiger partial charge in [0.2, 0.25) is 0 Å². The van der Waals surface area contributed by atoms with Crippen LogP contribution >= 0.6 is 15.9 Å². The van der Waals surface area contributed by atoms with Crippen LogP contribution in [0.25, 0.3) is 0 Å². The van der Waals surface area contributed by atoms with Gasteiger partial charge in [0.1, 0.15) is 6.61 Å². The Labute approximate surface area is 281 Å². The summed E-state index contributed by atoms with van der Waals surface area (Å²) in [6, 6.07) is 15.3. The molecule has 0 radical (unpaired) electrons. The van der Waals surface area contributed by atoms with Crippen molar-refractivity contribution in [2.24, 2.45) is 5.10 Å². The van der Waals surface area contributed by atoms with E-state index in [1.165, 1.54) is 18.9 Å². The molecule has 3 aromatic rings. The molecule has 1 atom stereocenters. The van der Waals surface area contributed by atoms with Crippen LogP contribution in [0.15, 0.2) is 75.4 Å². The molecule has 0 saturated carbocycles. The number of hydrogen-bond donors (Lipinski definition) is 3. The lowest BCUT2D eigenvalue weighted by Crippen LogP contribution is -2.45. The van der Waals surface area contributed by atoms with Crippen LogP contribution in [0.2, 0.25) is 0 Å². The summed E-state index contributed by atoms with van der Waals surface area (Å²) in [5.41, 5.74) is 6.52. The lowest BCUT2D eigenvalue weighted by molar-refractivity contribution is -0.139. The van der Waals surface area contributed by atoms with E-state index in [2.05, 4.69) is 37.1 Å². The maximum atomic E-state index is 12.6. The Hall–Kier alpha value is -5.04. The van der Waals surface area contributed by atoms with E-state index in [0.29, 0.717) is 51.8 Å². The molecule has 1 heterocycles. The number of carbonyl (C=O) groups is 3. The molecule has 1 aliphatic heterocycles. The van der Waals surface area contributed by atoms with Crippen molar-refractivity contribution >= 4 is 40.1 Å². The van der Waals surface area contributed by atoms with Gasteiger partial charge in [0, 0.05) is 5.70 Å². The van der Waals surface area contributed by atoms with Crippen LogP contribution in [0.4, 0.5) is 4.79 Å². The SMILES string of the molecule is CCOC(=O)C1=C(C)NC(=O)N[C@H]1c1ccc(OCC(=O)N/N=C\c2cc(Br)c(OCc3ccc(C)cc3)c(OCC)c2)c(OC)c1. The minimum atomic E-state index is -0.777. The van der Waals surface area contributed by atoms with Gasteiger partial charge in [0.15, 0.2) is 29.6 Å². The maximum Gasteiger partial charge on any atom is 0.338 e. The smallest absolute Gasteiger partial charge is 0.338 e. The molecule has 3 N–H and O–H groups in total. The van der Waals surface area contributed by atoms with Gasteiger partial charge in [-0.3, -0.25) is 4.79 Å². The third-order valence-corrected chi connectivity index (χ3v) is 7.47. The molecule has 0 fully saturated rings. The predicted octanol–water partition coefficient (Wildman–Crippen LogP) is 5.46. The summed E-state index contributed by atoms with van der Waals surface area (Å²) >= 11 is 3.56. The first-order valence-electron chi connectivity index (χ1n) is 14.9. The molecule has 12 nitrogen and oxygen atoms in total. The normalized spacial score (nSPS) is 14.3. The van der Waals surface area contributed by atoms with Crippen molar-refractivity contribution in [1.29, 1.82) is 0 Å². The maximum absolute atomic E-state index is 12.6. The van der Waals surface area contributed by atoms with Crippen molar-refractivity contribution in [3.8, 4) is 23.0 Å². The summed E-state index contributed by atoms with van der Waals surface area (Å²) in [7, 11) is 1.44. The van der Waals surface area contributed by atoms with Crippen molar-refractivity contribution in [3.63, 3.8) is 0 Å². The number of hydrazone groups is 1. The molecule has 0 aliphatic carbocycles. The largest absolute Gasteiger partial charge is 0.493 e. The summed E-state index contributed by atoms with van der Waals surface area (Å²) < 4.78 is 28.9. The monoisotopic (exact) mass is 708 g/mol. The molecule has 1 aliphatic rings. The van der Waals surface area contributed by atoms with E-state index in [4.69, 9.17) is 23.7 Å². The van der Waals surface area contributed by atoms with Crippen LogP contribution in [0.3, 0.4) is 0 Å². The van der Waals surface area contributed by atoms with E-state index in [0.717, 1.165) is 5.56 Å². The Morgan fingerprint density at radius 3 is 2.43 bits per heavy atom. The summed E-state index contributed by atoms with van der Waals surface area (Å²) in [5.74, 6) is 0.606. The molecular formula is C34H37BrN4O8. The minimum Gasteiger partial charge on any atom is -0.493 e. The molecule has 13 heteroatoms. The summed E-state index contributed by atoms with van der Waals surface area (Å²) in [5, 5.41) is 9.39. The van der Waals surface area contributed by atoms with Crippen LogP contribution < -0.4 is 35.0 Å². The molecule has 248 valence electrons. The Kier molecular flexibility index (Phi) is 12.2. The zero-order valence-electron chi connectivity index (χ0n) is 26.8. The summed E-state index contributed by atoms with van der Waals surface area (Å²) in [6.45, 7) is 7.87. The van der Waals surface area contributed by atoms with Crippen molar-refractivity contribution in [2.45, 2.75) is 40.3 Å². The number of esters is 1. The second-order valence-corrected chi connectivity index (χ2v) is 11.2. The molecule has 3 aromatic carbocycles. The number of aryl methyl sites for hydroxylation is 1. The number of ether oxygens (including phenoxy) is 5. The van der Waals surface area contributed by atoms with Crippen LogP contribution in [0.5, 0.6) is 23.0 Å². The van der Waals surface area contributed by atoms with Crippen LogP contribution in [0.1, 0.15) is 49.1 Å². The number of carbonyl (C=O) groups excluding carboxylic acids is 3. The van der Waals surface area contributed by atoms with Gasteiger partial charge in [0.25, 0.3) is 5.91 Å². The average Bonchev–Trinajstić information content (AvgIpc) is 3.04. The number of halogens is 1. The molecule has 3 amide bonds. The summed E-state index contributed by atoms with van der Waals surface area (Å²) in [4.78, 5) is 37.4. The number of allylic oxidation sites excluding steroid dienone is 1. The van der Waals surface area contributed by atoms with Crippen LogP contribution in [0, 0.1) is 6.92 Å². The first-order valence-corrected chi connectivity index (χ1v) is 15.6. The van der Waals surface area contributed by atoms with Gasteiger partial charge in [-0.05, 0) is 84.6 Å². The number of rotatable bonds is 14. The molecule has 47 heavy (non-hydrogen) atoms. The van der Waals surface area contributed by atoms with E-state index in [9.17, 15) is 14.4 Å². The second kappa shape index (κ2) is 16.5. The van der Waals surface area contributed by atoms with Gasteiger partial charge >= 0.3 is 12.0 Å². The Morgan fingerprint density at radius 1 is 0.957 bits per heavy atom. The average molecular weight is 710 g/mol. The second-order valence-electron chi connectivity index (χ2n) is 10.3. The quantitative estimate of drug-likeness (QED) is 0.114. The van der Waals surface area contributed by atoms with E-state index >= 15 is 0 Å². The van der Waals surface area contributed by atoms with Crippen molar-refractivity contribution in [3.05, 3.63) is 92.6 Å². The van der Waals surface area contributed by atoms with Gasteiger partial charge < -0.3 is 34.3 Å². The third-order valence-electron chi connectivity index (χ3n) is 6.88. The van der Waals surface area contributed by atoms with Gasteiger partial charge in [-0.25, -0.2) is 15.0 Å². The first kappa shape index (κ1) is 34.8. The fourth-order valence-corrected chi connectivity index (χ4v) is 5.24. The molecule has 0 spiro atoms. The molecule has 0 aromatic heterocycles. The van der Waals surface area contributed by atoms with E-state index in [1.807, 2.05) is 38.1 Å². The van der Waals surface area contributed by atoms with Gasteiger partial charge in [-0.2, -0.15) is 5.10 Å². The lowest BCUT2D eigenvalue weighted by atomic mass is 9.95. The number of methoxy groups -OCH3 is 1. The number of nitrogens with zero attached hydrogens (tertiary/aromatic N) is 1. The predicted molar refractivity (Wildman–Crippen MR) is 179 cm³/mol. The molecular weight excluding hydrogens is 672 g/mol. The lowest BCUT2D eigenvalue weighted by Gasteiger charge is -2.28. The summed E-state index contributed by atoms with van der Waals surface area (Å²) in [6.07, 6.45) is 1.48. The third kappa shape index (κ3) is 9.26. The standard InChI is InChI=1S/C34H37BrN4O8/c1-6-44-28-15-23(14-25(35)32(28)47-18-22-10-8-20(3)9-11-22)17-36-39-29(40)19-46-26-13-12-24(16-27(26)43-5)31-30(33(41)45-7-2)21(4)37-34(42)38-31/h8-17,31H,6-7,18-19H2,1-5H3,(H,39,40)(H2,37,38,42)/b36-17-/t31-/m0/s1. The Balaban J connectivity index is 1.38. The molecule has 0 saturated heterocycles. The highest BCUT2D eigenvalue weighted by Gasteiger charge is 2.32. The fourth-order valence-electron chi connectivity index (χ4n) is 4.67. The van der Waals surface area contributed by atoms with Gasteiger partial charge in [-0.15, -0.1) is 0 Å². The zero-order valence-corrected chi connectivity index (χ0v) is 28.4. The van der Waals surface area contributed by atoms with Gasteiger partial charge in [0.05, 0.1) is 42.6 Å². The molecule has 0 unspecified atom stereocenters. The van der Waals surface area contributed by atoms with Crippen molar-refractivity contribution in [1.82, 2.24) is 16.1 Å². The Bertz CT molecular complexity index is 1670. The van der Waals surface area contributed by atoms with Crippen molar-refractivity contribution < 1.29 is 38.1 Å².